The first-order valence-electron chi connectivity index (χ1n) is 5.96. The van der Waals surface area contributed by atoms with E-state index in [1.54, 1.807) is 0 Å². The van der Waals surface area contributed by atoms with E-state index in [1.807, 2.05) is 13.8 Å². The van der Waals surface area contributed by atoms with Gasteiger partial charge in [-0.05, 0) is 35.8 Å². The van der Waals surface area contributed by atoms with Crippen LogP contribution in [0, 0.1) is 0 Å². The van der Waals surface area contributed by atoms with E-state index in [2.05, 4.69) is 31.5 Å². The number of aromatic nitrogens is 1. The van der Waals surface area contributed by atoms with Crippen molar-refractivity contribution >= 4 is 27.7 Å². The van der Waals surface area contributed by atoms with Crippen LogP contribution in [0.3, 0.4) is 0 Å². The predicted octanol–water partition coefficient (Wildman–Crippen LogP) is 3.19. The van der Waals surface area contributed by atoms with Crippen LogP contribution in [0.15, 0.2) is 16.7 Å². The Bertz CT molecular complexity index is 478. The van der Waals surface area contributed by atoms with E-state index in [-0.39, 0.29) is 35.2 Å². The Kier molecular flexibility index (Phi) is 5.79. The molecule has 0 aliphatic heterocycles. The van der Waals surface area contributed by atoms with E-state index in [4.69, 9.17) is 0 Å². The first kappa shape index (κ1) is 16.7. The molecule has 2 N–H and O–H groups in total. The molecule has 0 spiro atoms. The molecule has 0 radical (unpaired) electrons. The lowest BCUT2D eigenvalue weighted by Gasteiger charge is -2.14. The van der Waals surface area contributed by atoms with Gasteiger partial charge in [0, 0.05) is 29.7 Å². The monoisotopic (exact) mass is 353 g/mol. The summed E-state index contributed by atoms with van der Waals surface area (Å²) in [5, 5.41) is 5.19. The van der Waals surface area contributed by atoms with Crippen LogP contribution >= 0.6 is 15.9 Å². The second-order valence-electron chi connectivity index (χ2n) is 4.45. The van der Waals surface area contributed by atoms with E-state index < -0.39 is 11.7 Å². The maximum absolute atomic E-state index is 12.8. The molecule has 4 nitrogen and oxygen atoms in total. The largest absolute Gasteiger partial charge is 0.419 e. The molecule has 0 atom stereocenters. The molecule has 20 heavy (non-hydrogen) atoms. The third kappa shape index (κ3) is 5.36. The number of carbonyl (C=O) groups excluding carboxylic acids is 1. The number of rotatable bonds is 5. The summed E-state index contributed by atoms with van der Waals surface area (Å²) in [6.45, 7) is 3.70. The Morgan fingerprint density at radius 2 is 2.10 bits per heavy atom. The smallest absolute Gasteiger partial charge is 0.369 e. The highest BCUT2D eigenvalue weighted by Crippen LogP contribution is 2.35. The summed E-state index contributed by atoms with van der Waals surface area (Å²) in [4.78, 5) is 15.1. The fourth-order valence-electron chi connectivity index (χ4n) is 1.48. The number of pyridine rings is 1. The minimum absolute atomic E-state index is 0.000887. The maximum Gasteiger partial charge on any atom is 0.419 e. The summed E-state index contributed by atoms with van der Waals surface area (Å²) in [6, 6.07) is 0.947. The predicted molar refractivity (Wildman–Crippen MR) is 73.3 cm³/mol. The van der Waals surface area contributed by atoms with Gasteiger partial charge in [-0.25, -0.2) is 4.98 Å². The number of anilines is 1. The summed E-state index contributed by atoms with van der Waals surface area (Å²) in [7, 11) is 0. The van der Waals surface area contributed by atoms with Crippen LogP contribution in [0.2, 0.25) is 0 Å². The number of halogens is 4. The van der Waals surface area contributed by atoms with Crippen molar-refractivity contribution < 1.29 is 18.0 Å². The van der Waals surface area contributed by atoms with Gasteiger partial charge in [0.05, 0.1) is 5.56 Å². The highest BCUT2D eigenvalue weighted by molar-refractivity contribution is 9.10. The van der Waals surface area contributed by atoms with Gasteiger partial charge in [0.1, 0.15) is 5.82 Å². The minimum atomic E-state index is -4.50. The Morgan fingerprint density at radius 3 is 2.65 bits per heavy atom. The molecule has 0 aliphatic rings. The summed E-state index contributed by atoms with van der Waals surface area (Å²) in [6.07, 6.45) is -3.15. The number of hydrogen-bond acceptors (Lipinski definition) is 3. The average Bonchev–Trinajstić information content (AvgIpc) is 2.28. The molecule has 0 aromatic carbocycles. The molecule has 0 saturated heterocycles. The molecular formula is C12H15BrF3N3O. The van der Waals surface area contributed by atoms with Gasteiger partial charge in [-0.1, -0.05) is 0 Å². The zero-order valence-corrected chi connectivity index (χ0v) is 12.6. The van der Waals surface area contributed by atoms with E-state index in [0.717, 1.165) is 6.07 Å². The first-order chi connectivity index (χ1) is 9.20. The second-order valence-corrected chi connectivity index (χ2v) is 5.36. The van der Waals surface area contributed by atoms with Crippen molar-refractivity contribution in [1.82, 2.24) is 10.3 Å². The average molecular weight is 354 g/mol. The number of amides is 1. The molecule has 0 saturated carbocycles. The lowest BCUT2D eigenvalue weighted by molar-refractivity contribution is -0.137. The number of carbonyl (C=O) groups is 1. The Balaban J connectivity index is 2.67. The molecule has 112 valence electrons. The van der Waals surface area contributed by atoms with Gasteiger partial charge in [0.2, 0.25) is 5.91 Å². The van der Waals surface area contributed by atoms with Crippen molar-refractivity contribution in [3.05, 3.63) is 22.3 Å². The molecule has 0 aliphatic carbocycles. The van der Waals surface area contributed by atoms with Crippen molar-refractivity contribution in [3.63, 3.8) is 0 Å². The molecule has 8 heteroatoms. The molecule has 1 aromatic rings. The van der Waals surface area contributed by atoms with E-state index >= 15 is 0 Å². The van der Waals surface area contributed by atoms with Gasteiger partial charge in [-0.15, -0.1) is 0 Å². The van der Waals surface area contributed by atoms with E-state index in [9.17, 15) is 18.0 Å². The third-order valence-corrected chi connectivity index (χ3v) is 2.69. The molecule has 0 unspecified atom stereocenters. The summed E-state index contributed by atoms with van der Waals surface area (Å²) in [5.41, 5.74) is -0.865. The van der Waals surface area contributed by atoms with Gasteiger partial charge < -0.3 is 10.6 Å². The highest BCUT2D eigenvalue weighted by Gasteiger charge is 2.34. The van der Waals surface area contributed by atoms with Gasteiger partial charge in [-0.2, -0.15) is 13.2 Å². The number of alkyl halides is 3. The Morgan fingerprint density at radius 1 is 1.45 bits per heavy atom. The van der Waals surface area contributed by atoms with Crippen molar-refractivity contribution in [2.24, 2.45) is 0 Å². The lowest BCUT2D eigenvalue weighted by Crippen LogP contribution is -2.31. The zero-order valence-electron chi connectivity index (χ0n) is 11.0. The number of hydrogen-bond donors (Lipinski definition) is 2. The summed E-state index contributed by atoms with van der Waals surface area (Å²) in [5.74, 6) is -0.504. The fourth-order valence-corrected chi connectivity index (χ4v) is 1.82. The Hall–Kier alpha value is -1.31. The molecule has 0 bridgehead atoms. The van der Waals surface area contributed by atoms with Gasteiger partial charge in [0.25, 0.3) is 0 Å². The molecule has 0 fully saturated rings. The SMILES string of the molecule is CC(C)NC(=O)CCNc1ncc(Br)cc1C(F)(F)F. The van der Waals surface area contributed by atoms with Crippen molar-refractivity contribution in [2.75, 3.05) is 11.9 Å². The third-order valence-electron chi connectivity index (χ3n) is 2.25. The molecule has 1 aromatic heterocycles. The van der Waals surface area contributed by atoms with Crippen LogP contribution in [0.5, 0.6) is 0 Å². The van der Waals surface area contributed by atoms with Crippen LogP contribution < -0.4 is 10.6 Å². The van der Waals surface area contributed by atoms with Crippen LogP contribution in [-0.2, 0) is 11.0 Å². The minimum Gasteiger partial charge on any atom is -0.369 e. The van der Waals surface area contributed by atoms with Crippen LogP contribution in [0.4, 0.5) is 19.0 Å². The lowest BCUT2D eigenvalue weighted by atomic mass is 10.2. The van der Waals surface area contributed by atoms with E-state index in [1.165, 1.54) is 6.20 Å². The van der Waals surface area contributed by atoms with Gasteiger partial charge in [0.15, 0.2) is 0 Å². The van der Waals surface area contributed by atoms with Crippen molar-refractivity contribution in [3.8, 4) is 0 Å². The highest BCUT2D eigenvalue weighted by atomic mass is 79.9. The number of nitrogens with zero attached hydrogens (tertiary/aromatic N) is 1. The molecule has 1 rings (SSSR count). The maximum atomic E-state index is 12.8. The number of nitrogens with one attached hydrogen (secondary N) is 2. The second kappa shape index (κ2) is 6.92. The topological polar surface area (TPSA) is 54.0 Å². The molecular weight excluding hydrogens is 339 g/mol. The fraction of sp³-hybridized carbons (Fsp3) is 0.500. The Labute approximate surface area is 123 Å². The van der Waals surface area contributed by atoms with Gasteiger partial charge >= 0.3 is 6.18 Å². The normalized spacial score (nSPS) is 11.6. The van der Waals surface area contributed by atoms with E-state index in [0.29, 0.717) is 0 Å². The summed E-state index contributed by atoms with van der Waals surface area (Å²) >= 11 is 2.95. The van der Waals surface area contributed by atoms with Crippen LogP contribution in [0.1, 0.15) is 25.8 Å². The summed E-state index contributed by atoms with van der Waals surface area (Å²) < 4.78 is 38.7. The standard InChI is InChI=1S/C12H15BrF3N3O/c1-7(2)19-10(20)3-4-17-11-9(12(14,15)16)5-8(13)6-18-11/h5-7H,3-4H2,1-2H3,(H,17,18)(H,19,20). The molecule has 1 amide bonds. The van der Waals surface area contributed by atoms with Crippen LogP contribution in [-0.4, -0.2) is 23.5 Å². The van der Waals surface area contributed by atoms with Gasteiger partial charge in [-0.3, -0.25) is 4.79 Å². The molecule has 1 heterocycles. The zero-order chi connectivity index (χ0) is 15.3. The quantitative estimate of drug-likeness (QED) is 0.854. The van der Waals surface area contributed by atoms with Crippen LogP contribution in [0.25, 0.3) is 0 Å². The van der Waals surface area contributed by atoms with Crippen molar-refractivity contribution in [2.45, 2.75) is 32.5 Å². The first-order valence-corrected chi connectivity index (χ1v) is 6.75. The van der Waals surface area contributed by atoms with Crippen molar-refractivity contribution in [1.29, 1.82) is 0 Å².